The molecule has 0 aromatic heterocycles. The maximum Gasteiger partial charge on any atom is 0.407 e. The Kier molecular flexibility index (Phi) is 7.32. The van der Waals surface area contributed by atoms with Gasteiger partial charge in [-0.15, -0.1) is 0 Å². The van der Waals surface area contributed by atoms with E-state index in [1.54, 1.807) is 0 Å². The van der Waals surface area contributed by atoms with Crippen LogP contribution in [0.5, 0.6) is 0 Å². The molecule has 3 unspecified atom stereocenters. The predicted molar refractivity (Wildman–Crippen MR) is 89.4 cm³/mol. The highest BCUT2D eigenvalue weighted by Gasteiger charge is 2.32. The van der Waals surface area contributed by atoms with Crippen LogP contribution in [0.15, 0.2) is 0 Å². The Balaban J connectivity index is 2.49. The number of carboxylic acid groups (broad SMARTS) is 1. The Bertz CT molecular complexity index is 404. The van der Waals surface area contributed by atoms with Crippen molar-refractivity contribution in [3.63, 3.8) is 0 Å². The lowest BCUT2D eigenvalue weighted by Crippen LogP contribution is -2.48. The highest BCUT2D eigenvalue weighted by Crippen LogP contribution is 2.26. The van der Waals surface area contributed by atoms with Gasteiger partial charge in [-0.25, -0.2) is 4.79 Å². The van der Waals surface area contributed by atoms with E-state index in [-0.39, 0.29) is 12.0 Å². The van der Waals surface area contributed by atoms with Crippen LogP contribution in [-0.4, -0.2) is 41.4 Å². The average Bonchev–Trinajstić information content (AvgIpc) is 2.80. The fourth-order valence-corrected chi connectivity index (χ4v) is 3.00. The van der Waals surface area contributed by atoms with E-state index in [9.17, 15) is 14.7 Å². The van der Waals surface area contributed by atoms with Crippen LogP contribution in [0, 0.1) is 11.8 Å². The van der Waals surface area contributed by atoms with Crippen molar-refractivity contribution in [3.8, 4) is 0 Å². The van der Waals surface area contributed by atoms with Gasteiger partial charge in [0.1, 0.15) is 11.6 Å². The molecule has 1 rings (SSSR count). The lowest BCUT2D eigenvalue weighted by molar-refractivity contribution is -0.140. The van der Waals surface area contributed by atoms with Gasteiger partial charge in [0.05, 0.1) is 0 Å². The van der Waals surface area contributed by atoms with Crippen molar-refractivity contribution in [2.45, 2.75) is 78.0 Å². The van der Waals surface area contributed by atoms with Gasteiger partial charge >= 0.3 is 12.1 Å². The normalized spacial score (nSPS) is 22.9. The van der Waals surface area contributed by atoms with E-state index in [0.717, 1.165) is 19.3 Å². The number of alkyl carbamates (subject to hydrolysis) is 1. The largest absolute Gasteiger partial charge is 0.480 e. The SMILES string of the molecule is CC(C)CC(NC1CCCC1CNC(=O)OC(C)(C)C)C(=O)O. The molecule has 0 bridgehead atoms. The summed E-state index contributed by atoms with van der Waals surface area (Å²) in [5, 5.41) is 15.4. The van der Waals surface area contributed by atoms with Crippen molar-refractivity contribution in [3.05, 3.63) is 0 Å². The van der Waals surface area contributed by atoms with Gasteiger partial charge in [-0.05, 0) is 51.9 Å². The minimum Gasteiger partial charge on any atom is -0.480 e. The zero-order valence-corrected chi connectivity index (χ0v) is 15.0. The van der Waals surface area contributed by atoms with Crippen molar-refractivity contribution in [1.29, 1.82) is 0 Å². The molecule has 6 nitrogen and oxygen atoms in total. The average molecular weight is 328 g/mol. The maximum absolute atomic E-state index is 11.8. The van der Waals surface area contributed by atoms with Crippen LogP contribution >= 0.6 is 0 Å². The summed E-state index contributed by atoms with van der Waals surface area (Å²) < 4.78 is 5.24. The van der Waals surface area contributed by atoms with Crippen molar-refractivity contribution in [1.82, 2.24) is 10.6 Å². The number of amides is 1. The Morgan fingerprint density at radius 2 is 1.91 bits per heavy atom. The molecule has 3 atom stereocenters. The number of hydrogen-bond acceptors (Lipinski definition) is 4. The van der Waals surface area contributed by atoms with E-state index in [0.29, 0.717) is 18.9 Å². The molecule has 1 aliphatic rings. The molecule has 1 aliphatic carbocycles. The first-order valence-electron chi connectivity index (χ1n) is 8.54. The second-order valence-electron chi connectivity index (χ2n) is 7.87. The molecule has 23 heavy (non-hydrogen) atoms. The number of carbonyl (C=O) groups excluding carboxylic acids is 1. The van der Waals surface area contributed by atoms with Crippen LogP contribution in [-0.2, 0) is 9.53 Å². The lowest BCUT2D eigenvalue weighted by Gasteiger charge is -2.26. The Morgan fingerprint density at radius 1 is 1.26 bits per heavy atom. The number of nitrogens with one attached hydrogen (secondary N) is 2. The van der Waals surface area contributed by atoms with Gasteiger partial charge in [0.15, 0.2) is 0 Å². The second kappa shape index (κ2) is 8.52. The summed E-state index contributed by atoms with van der Waals surface area (Å²) in [6, 6.07) is -0.396. The van der Waals surface area contributed by atoms with Crippen molar-refractivity contribution >= 4 is 12.1 Å². The third kappa shape index (κ3) is 7.68. The van der Waals surface area contributed by atoms with E-state index in [1.165, 1.54) is 0 Å². The fraction of sp³-hybridized carbons (Fsp3) is 0.882. The van der Waals surface area contributed by atoms with Crippen LogP contribution in [0.3, 0.4) is 0 Å². The molecular weight excluding hydrogens is 296 g/mol. The summed E-state index contributed by atoms with van der Waals surface area (Å²) in [7, 11) is 0. The van der Waals surface area contributed by atoms with Crippen molar-refractivity contribution in [2.75, 3.05) is 6.54 Å². The monoisotopic (exact) mass is 328 g/mol. The zero-order valence-electron chi connectivity index (χ0n) is 15.0. The van der Waals surface area contributed by atoms with E-state index >= 15 is 0 Å². The van der Waals surface area contributed by atoms with E-state index in [2.05, 4.69) is 10.6 Å². The van der Waals surface area contributed by atoms with Crippen LogP contribution < -0.4 is 10.6 Å². The topological polar surface area (TPSA) is 87.7 Å². The molecule has 0 aromatic carbocycles. The molecule has 1 saturated carbocycles. The van der Waals surface area contributed by atoms with Gasteiger partial charge < -0.3 is 20.5 Å². The number of carbonyl (C=O) groups is 2. The number of hydrogen-bond donors (Lipinski definition) is 3. The standard InChI is InChI=1S/C17H32N2O4/c1-11(2)9-14(15(20)21)19-13-8-6-7-12(13)10-18-16(22)23-17(3,4)5/h11-14,19H,6-10H2,1-5H3,(H,18,22)(H,20,21). The third-order valence-corrected chi connectivity index (χ3v) is 3.99. The number of ether oxygens (including phenoxy) is 1. The third-order valence-electron chi connectivity index (χ3n) is 3.99. The molecule has 0 spiro atoms. The fourth-order valence-electron chi connectivity index (χ4n) is 3.00. The maximum atomic E-state index is 11.8. The molecule has 0 saturated heterocycles. The molecule has 0 aromatic rings. The molecule has 1 amide bonds. The molecule has 0 heterocycles. The van der Waals surface area contributed by atoms with Gasteiger partial charge in [-0.3, -0.25) is 4.79 Å². The molecule has 0 radical (unpaired) electrons. The van der Waals surface area contributed by atoms with Crippen LogP contribution in [0.1, 0.15) is 60.3 Å². The quantitative estimate of drug-likeness (QED) is 0.669. The summed E-state index contributed by atoms with van der Waals surface area (Å²) in [5.41, 5.74) is -0.511. The number of rotatable bonds is 7. The van der Waals surface area contributed by atoms with Crippen LogP contribution in [0.25, 0.3) is 0 Å². The first kappa shape index (κ1) is 19.7. The summed E-state index contributed by atoms with van der Waals surface area (Å²) in [5.74, 6) is -0.232. The summed E-state index contributed by atoms with van der Waals surface area (Å²) >= 11 is 0. The van der Waals surface area contributed by atoms with Gasteiger partial charge in [0.2, 0.25) is 0 Å². The van der Waals surface area contributed by atoms with Crippen molar-refractivity contribution < 1.29 is 19.4 Å². The minimum atomic E-state index is -0.801. The van der Waals surface area contributed by atoms with E-state index < -0.39 is 23.7 Å². The van der Waals surface area contributed by atoms with Crippen LogP contribution in [0.2, 0.25) is 0 Å². The van der Waals surface area contributed by atoms with E-state index in [1.807, 2.05) is 34.6 Å². The minimum absolute atomic E-state index is 0.129. The Hall–Kier alpha value is -1.30. The molecule has 6 heteroatoms. The zero-order chi connectivity index (χ0) is 17.6. The summed E-state index contributed by atoms with van der Waals surface area (Å²) in [6.45, 7) is 10.0. The van der Waals surface area contributed by atoms with Gasteiger partial charge in [-0.1, -0.05) is 20.3 Å². The van der Waals surface area contributed by atoms with Gasteiger partial charge in [-0.2, -0.15) is 0 Å². The Labute approximate surface area is 139 Å². The van der Waals surface area contributed by atoms with Gasteiger partial charge in [0.25, 0.3) is 0 Å². The summed E-state index contributed by atoms with van der Waals surface area (Å²) in [4.78, 5) is 23.2. The van der Waals surface area contributed by atoms with Crippen molar-refractivity contribution in [2.24, 2.45) is 11.8 Å². The van der Waals surface area contributed by atoms with Gasteiger partial charge in [0, 0.05) is 12.6 Å². The first-order chi connectivity index (χ1) is 10.6. The summed E-state index contributed by atoms with van der Waals surface area (Å²) in [6.07, 6.45) is 3.18. The molecule has 3 N–H and O–H groups in total. The Morgan fingerprint density at radius 3 is 2.43 bits per heavy atom. The predicted octanol–water partition coefficient (Wildman–Crippen LogP) is 2.77. The highest BCUT2D eigenvalue weighted by atomic mass is 16.6. The highest BCUT2D eigenvalue weighted by molar-refractivity contribution is 5.73. The molecule has 0 aliphatic heterocycles. The number of aliphatic carboxylic acids is 1. The van der Waals surface area contributed by atoms with Crippen LogP contribution in [0.4, 0.5) is 4.79 Å². The van der Waals surface area contributed by atoms with E-state index in [4.69, 9.17) is 4.74 Å². The smallest absolute Gasteiger partial charge is 0.407 e. The molecule has 134 valence electrons. The first-order valence-corrected chi connectivity index (χ1v) is 8.54. The molecular formula is C17H32N2O4. The number of carboxylic acids is 1. The lowest BCUT2D eigenvalue weighted by atomic mass is 9.99. The second-order valence-corrected chi connectivity index (χ2v) is 7.87. The molecule has 1 fully saturated rings.